The Bertz CT molecular complexity index is 528. The molecular weight excluding hydrogens is 256 g/mol. The zero-order valence-electron chi connectivity index (χ0n) is 10.6. The summed E-state index contributed by atoms with van der Waals surface area (Å²) in [4.78, 5) is 33.9. The summed E-state index contributed by atoms with van der Waals surface area (Å²) in [6.07, 6.45) is -0.756. The summed E-state index contributed by atoms with van der Waals surface area (Å²) in [5.74, 6) is -0.699. The Hall–Kier alpha value is -2.64. The van der Waals surface area contributed by atoms with E-state index in [1.54, 1.807) is 0 Å². The molecule has 0 fully saturated rings. The third-order valence-electron chi connectivity index (χ3n) is 2.40. The summed E-state index contributed by atoms with van der Waals surface area (Å²) in [6.45, 7) is 0. The number of nitro benzene ring substituents is 1. The Balaban J connectivity index is 3.30. The quantitative estimate of drug-likeness (QED) is 0.469. The minimum Gasteiger partial charge on any atom is -0.465 e. The maximum absolute atomic E-state index is 11.4. The minimum absolute atomic E-state index is 0.0181. The Morgan fingerprint density at radius 2 is 1.89 bits per heavy atom. The van der Waals surface area contributed by atoms with Crippen LogP contribution in [0.3, 0.4) is 0 Å². The van der Waals surface area contributed by atoms with Gasteiger partial charge in [-0.05, 0) is 12.1 Å². The van der Waals surface area contributed by atoms with E-state index in [4.69, 9.17) is 0 Å². The molecule has 0 aliphatic rings. The van der Waals surface area contributed by atoms with Crippen LogP contribution >= 0.6 is 0 Å². The third kappa shape index (κ3) is 2.97. The molecule has 8 nitrogen and oxygen atoms in total. The number of hydrogen-bond acceptors (Lipinski definition) is 6. The maximum Gasteiger partial charge on any atom is 0.413 e. The van der Waals surface area contributed by atoms with Gasteiger partial charge in [-0.15, -0.1) is 0 Å². The molecule has 0 aliphatic heterocycles. The summed E-state index contributed by atoms with van der Waals surface area (Å²) in [6, 6.07) is 3.65. The van der Waals surface area contributed by atoms with Crippen molar-refractivity contribution in [3.63, 3.8) is 0 Å². The van der Waals surface area contributed by atoms with Crippen LogP contribution in [0.4, 0.5) is 16.2 Å². The van der Waals surface area contributed by atoms with Crippen molar-refractivity contribution < 1.29 is 24.0 Å². The van der Waals surface area contributed by atoms with Gasteiger partial charge in [0.1, 0.15) is 5.69 Å². The first kappa shape index (κ1) is 14.4. The number of rotatable bonds is 3. The number of nitro groups is 1. The molecule has 0 spiro atoms. The van der Waals surface area contributed by atoms with Gasteiger partial charge in [0, 0.05) is 13.1 Å². The maximum atomic E-state index is 11.4. The van der Waals surface area contributed by atoms with Gasteiger partial charge in [0.2, 0.25) is 0 Å². The van der Waals surface area contributed by atoms with Crippen LogP contribution < -0.4 is 4.90 Å². The van der Waals surface area contributed by atoms with Crippen molar-refractivity contribution in [2.24, 2.45) is 0 Å². The van der Waals surface area contributed by atoms with E-state index in [9.17, 15) is 19.7 Å². The van der Waals surface area contributed by atoms with Crippen molar-refractivity contribution >= 4 is 23.4 Å². The van der Waals surface area contributed by atoms with Crippen LogP contribution in [-0.2, 0) is 9.47 Å². The molecular formula is C11H12N2O6. The number of hydrogen-bond donors (Lipinski definition) is 0. The number of methoxy groups -OCH3 is 2. The number of amides is 1. The smallest absolute Gasteiger partial charge is 0.413 e. The highest BCUT2D eigenvalue weighted by Crippen LogP contribution is 2.29. The fraction of sp³-hybridized carbons (Fsp3) is 0.273. The van der Waals surface area contributed by atoms with Crippen molar-refractivity contribution in [3.8, 4) is 0 Å². The monoisotopic (exact) mass is 268 g/mol. The number of benzene rings is 1. The molecule has 1 aromatic carbocycles. The van der Waals surface area contributed by atoms with E-state index in [0.29, 0.717) is 0 Å². The predicted octanol–water partition coefficient (Wildman–Crippen LogP) is 1.58. The van der Waals surface area contributed by atoms with E-state index >= 15 is 0 Å². The van der Waals surface area contributed by atoms with Gasteiger partial charge < -0.3 is 9.47 Å². The van der Waals surface area contributed by atoms with Crippen LogP contribution in [0, 0.1) is 10.1 Å². The van der Waals surface area contributed by atoms with Crippen LogP contribution in [0.5, 0.6) is 0 Å². The van der Waals surface area contributed by atoms with Crippen molar-refractivity contribution in [3.05, 3.63) is 33.9 Å². The lowest BCUT2D eigenvalue weighted by Gasteiger charge is -2.15. The largest absolute Gasteiger partial charge is 0.465 e. The highest BCUT2D eigenvalue weighted by Gasteiger charge is 2.23. The van der Waals surface area contributed by atoms with E-state index in [1.165, 1.54) is 26.3 Å². The number of esters is 1. The molecule has 0 heterocycles. The van der Waals surface area contributed by atoms with Crippen LogP contribution in [0.1, 0.15) is 10.4 Å². The van der Waals surface area contributed by atoms with Gasteiger partial charge in [0.25, 0.3) is 5.69 Å². The van der Waals surface area contributed by atoms with Crippen molar-refractivity contribution in [2.45, 2.75) is 0 Å². The molecule has 0 bridgehead atoms. The zero-order valence-corrected chi connectivity index (χ0v) is 10.6. The number of carbonyl (C=O) groups excluding carboxylic acids is 2. The van der Waals surface area contributed by atoms with E-state index < -0.39 is 22.7 Å². The average molecular weight is 268 g/mol. The number of carbonyl (C=O) groups is 2. The van der Waals surface area contributed by atoms with Crippen LogP contribution in [0.25, 0.3) is 0 Å². The molecule has 0 radical (unpaired) electrons. The fourth-order valence-corrected chi connectivity index (χ4v) is 1.43. The highest BCUT2D eigenvalue weighted by atomic mass is 16.6. The van der Waals surface area contributed by atoms with Gasteiger partial charge in [0.15, 0.2) is 0 Å². The molecule has 1 amide bonds. The van der Waals surface area contributed by atoms with Crippen molar-refractivity contribution in [1.82, 2.24) is 0 Å². The molecule has 102 valence electrons. The lowest BCUT2D eigenvalue weighted by molar-refractivity contribution is -0.384. The molecule has 0 atom stereocenters. The molecule has 1 rings (SSSR count). The van der Waals surface area contributed by atoms with Gasteiger partial charge in [-0.1, -0.05) is 0 Å². The van der Waals surface area contributed by atoms with E-state index in [2.05, 4.69) is 9.47 Å². The Morgan fingerprint density at radius 3 is 2.37 bits per heavy atom. The third-order valence-corrected chi connectivity index (χ3v) is 2.40. The topological polar surface area (TPSA) is 99.0 Å². The molecule has 0 unspecified atom stereocenters. The second-order valence-electron chi connectivity index (χ2n) is 3.48. The second kappa shape index (κ2) is 5.80. The second-order valence-corrected chi connectivity index (χ2v) is 3.48. The number of anilines is 1. The summed E-state index contributed by atoms with van der Waals surface area (Å²) < 4.78 is 8.95. The van der Waals surface area contributed by atoms with E-state index in [-0.39, 0.29) is 11.3 Å². The first-order valence-corrected chi connectivity index (χ1v) is 5.10. The number of ether oxygens (including phenoxy) is 2. The van der Waals surface area contributed by atoms with Crippen LogP contribution in [0.15, 0.2) is 18.2 Å². The standard InChI is InChI=1S/C11H12N2O6/c1-12(11(15)19-3)8-5-4-7(10(14)18-2)6-9(8)13(16)17/h4-6H,1-3H3. The van der Waals surface area contributed by atoms with Crippen molar-refractivity contribution in [1.29, 1.82) is 0 Å². The van der Waals surface area contributed by atoms with Crippen LogP contribution in [0.2, 0.25) is 0 Å². The summed E-state index contributed by atoms with van der Waals surface area (Å²) >= 11 is 0. The first-order chi connectivity index (χ1) is 8.92. The van der Waals surface area contributed by atoms with Gasteiger partial charge in [-0.2, -0.15) is 0 Å². The average Bonchev–Trinajstić information content (AvgIpc) is 2.43. The minimum atomic E-state index is -0.756. The molecule has 8 heteroatoms. The normalized spacial score (nSPS) is 9.63. The summed E-state index contributed by atoms with van der Waals surface area (Å²) in [5, 5.41) is 11.0. The predicted molar refractivity (Wildman–Crippen MR) is 65.2 cm³/mol. The lowest BCUT2D eigenvalue weighted by Crippen LogP contribution is -2.26. The van der Waals surface area contributed by atoms with Gasteiger partial charge in [0.05, 0.1) is 24.7 Å². The van der Waals surface area contributed by atoms with Crippen molar-refractivity contribution in [2.75, 3.05) is 26.2 Å². The van der Waals surface area contributed by atoms with Crippen LogP contribution in [-0.4, -0.2) is 38.3 Å². The fourth-order valence-electron chi connectivity index (χ4n) is 1.43. The molecule has 0 saturated heterocycles. The molecule has 0 saturated carbocycles. The van der Waals surface area contributed by atoms with E-state index in [1.807, 2.05) is 0 Å². The zero-order chi connectivity index (χ0) is 14.6. The van der Waals surface area contributed by atoms with E-state index in [0.717, 1.165) is 18.1 Å². The van der Waals surface area contributed by atoms with Gasteiger partial charge >= 0.3 is 12.1 Å². The summed E-state index contributed by atoms with van der Waals surface area (Å²) in [5.41, 5.74) is -0.350. The first-order valence-electron chi connectivity index (χ1n) is 5.10. The Kier molecular flexibility index (Phi) is 4.41. The SMILES string of the molecule is COC(=O)c1ccc(N(C)C(=O)OC)c([N+](=O)[O-])c1. The van der Waals surface area contributed by atoms with Gasteiger partial charge in [-0.3, -0.25) is 15.0 Å². The Morgan fingerprint density at radius 1 is 1.26 bits per heavy atom. The number of nitrogens with zero attached hydrogens (tertiary/aromatic N) is 2. The summed E-state index contributed by atoms with van der Waals surface area (Å²) in [7, 11) is 3.65. The lowest BCUT2D eigenvalue weighted by atomic mass is 10.1. The molecule has 19 heavy (non-hydrogen) atoms. The Labute approximate surface area is 108 Å². The van der Waals surface area contributed by atoms with Gasteiger partial charge in [-0.25, -0.2) is 9.59 Å². The molecule has 0 N–H and O–H groups in total. The molecule has 0 aromatic heterocycles. The molecule has 0 aliphatic carbocycles. The molecule has 1 aromatic rings. The highest BCUT2D eigenvalue weighted by molar-refractivity contribution is 5.94.